The molecule has 0 spiro atoms. The van der Waals surface area contributed by atoms with Gasteiger partial charge < -0.3 is 9.47 Å². The van der Waals surface area contributed by atoms with Crippen LogP contribution >= 0.6 is 11.3 Å². The number of ether oxygens (including phenoxy) is 2. The number of thiazole rings is 1. The highest BCUT2D eigenvalue weighted by Crippen LogP contribution is 2.21. The normalized spacial score (nSPS) is 10.9. The van der Waals surface area contributed by atoms with Crippen LogP contribution in [0.25, 0.3) is 0 Å². The Hall–Kier alpha value is -3.86. The highest BCUT2D eigenvalue weighted by atomic mass is 32.1. The van der Waals surface area contributed by atoms with Crippen molar-refractivity contribution in [3.8, 4) is 11.5 Å². The van der Waals surface area contributed by atoms with Crippen molar-refractivity contribution in [2.24, 2.45) is 0 Å². The topological polar surface area (TPSA) is 91.2 Å². The van der Waals surface area contributed by atoms with Crippen molar-refractivity contribution in [3.63, 3.8) is 0 Å². The number of halogens is 2. The molecule has 0 bridgehead atoms. The summed E-state index contributed by atoms with van der Waals surface area (Å²) in [6.45, 7) is -1.78. The lowest BCUT2D eigenvalue weighted by Crippen LogP contribution is -2.12. The molecular formula is C24H23F2N5O3S. The van der Waals surface area contributed by atoms with Crippen molar-refractivity contribution >= 4 is 22.4 Å². The van der Waals surface area contributed by atoms with Crippen LogP contribution in [-0.2, 0) is 19.6 Å². The lowest BCUT2D eigenvalue weighted by atomic mass is 10.1. The van der Waals surface area contributed by atoms with Gasteiger partial charge in [-0.2, -0.15) is 8.78 Å². The lowest BCUT2D eigenvalue weighted by Gasteiger charge is -2.07. The summed E-state index contributed by atoms with van der Waals surface area (Å²) < 4.78 is 36.4. The molecule has 2 aromatic heterocycles. The van der Waals surface area contributed by atoms with E-state index in [1.165, 1.54) is 41.2 Å². The Bertz CT molecular complexity index is 1200. The average molecular weight is 500 g/mol. The number of anilines is 1. The van der Waals surface area contributed by atoms with Gasteiger partial charge in [0.2, 0.25) is 0 Å². The van der Waals surface area contributed by atoms with Gasteiger partial charge >= 0.3 is 6.61 Å². The summed E-state index contributed by atoms with van der Waals surface area (Å²) in [5, 5.41) is 12.7. The van der Waals surface area contributed by atoms with E-state index in [2.05, 4.69) is 37.5 Å². The first-order valence-electron chi connectivity index (χ1n) is 10.9. The van der Waals surface area contributed by atoms with E-state index in [-0.39, 0.29) is 12.4 Å². The molecule has 2 aromatic carbocycles. The summed E-state index contributed by atoms with van der Waals surface area (Å²) in [5.41, 5.74) is 2.23. The van der Waals surface area contributed by atoms with Crippen LogP contribution in [0, 0.1) is 0 Å². The third-order valence-electron chi connectivity index (χ3n) is 5.00. The van der Waals surface area contributed by atoms with Crippen molar-refractivity contribution in [2.75, 3.05) is 5.32 Å². The molecular weight excluding hydrogens is 476 g/mol. The van der Waals surface area contributed by atoms with E-state index in [0.717, 1.165) is 31.6 Å². The van der Waals surface area contributed by atoms with Gasteiger partial charge in [0.05, 0.1) is 11.9 Å². The number of aryl methyl sites for hydroxylation is 2. The Morgan fingerprint density at radius 2 is 1.83 bits per heavy atom. The van der Waals surface area contributed by atoms with Gasteiger partial charge in [0, 0.05) is 23.7 Å². The number of aromatic nitrogens is 4. The summed E-state index contributed by atoms with van der Waals surface area (Å²) >= 11 is 1.27. The molecule has 4 aromatic rings. The van der Waals surface area contributed by atoms with Crippen LogP contribution in [0.15, 0.2) is 66.3 Å². The number of hydrogen-bond acceptors (Lipinski definition) is 7. The molecule has 0 unspecified atom stereocenters. The third-order valence-corrected chi connectivity index (χ3v) is 5.81. The molecule has 182 valence electrons. The molecule has 0 saturated carbocycles. The molecule has 0 saturated heterocycles. The van der Waals surface area contributed by atoms with Gasteiger partial charge in [-0.25, -0.2) is 4.98 Å². The van der Waals surface area contributed by atoms with Gasteiger partial charge in [0.15, 0.2) is 5.13 Å². The number of amides is 1. The summed E-state index contributed by atoms with van der Waals surface area (Å²) in [5.74, 6) is 0.328. The number of hydrogen-bond donors (Lipinski definition) is 1. The summed E-state index contributed by atoms with van der Waals surface area (Å²) in [4.78, 5) is 16.7. The molecule has 8 nitrogen and oxygen atoms in total. The van der Waals surface area contributed by atoms with E-state index in [1.807, 2.05) is 23.0 Å². The van der Waals surface area contributed by atoms with Crippen molar-refractivity contribution in [1.82, 2.24) is 20.0 Å². The molecule has 35 heavy (non-hydrogen) atoms. The van der Waals surface area contributed by atoms with E-state index in [9.17, 15) is 13.6 Å². The summed E-state index contributed by atoms with van der Waals surface area (Å²) in [6.07, 6.45) is 6.61. The smallest absolute Gasteiger partial charge is 0.387 e. The van der Waals surface area contributed by atoms with Crippen LogP contribution in [0.1, 0.15) is 34.5 Å². The fraction of sp³-hybridized carbons (Fsp3) is 0.250. The van der Waals surface area contributed by atoms with Crippen molar-refractivity contribution in [2.45, 2.75) is 39.0 Å². The number of benzene rings is 2. The Balaban J connectivity index is 1.20. The fourth-order valence-electron chi connectivity index (χ4n) is 3.25. The third kappa shape index (κ3) is 7.57. The molecule has 1 amide bonds. The second-order valence-corrected chi connectivity index (χ2v) is 8.41. The first-order valence-corrected chi connectivity index (χ1v) is 11.8. The number of carbonyl (C=O) groups is 1. The largest absolute Gasteiger partial charge is 0.487 e. The summed E-state index contributed by atoms with van der Waals surface area (Å²) in [7, 11) is 0. The molecule has 0 radical (unpaired) electrons. The van der Waals surface area contributed by atoms with Gasteiger partial charge in [-0.3, -0.25) is 14.8 Å². The maximum absolute atomic E-state index is 12.4. The molecule has 4 rings (SSSR count). The molecule has 2 heterocycles. The molecule has 0 aliphatic heterocycles. The maximum atomic E-state index is 12.4. The van der Waals surface area contributed by atoms with Crippen LogP contribution in [-0.4, -0.2) is 32.5 Å². The molecule has 0 atom stereocenters. The van der Waals surface area contributed by atoms with Gasteiger partial charge in [-0.1, -0.05) is 17.3 Å². The Labute approximate surface area is 204 Å². The first kappa shape index (κ1) is 24.3. The SMILES string of the molecule is O=C(Nc1nc(COc2ccc(CCCCn3ccnn3)cc2)cs1)c1ccc(OC(F)F)cc1. The quantitative estimate of drug-likeness (QED) is 0.270. The highest BCUT2D eigenvalue weighted by Gasteiger charge is 2.11. The fourth-order valence-corrected chi connectivity index (χ4v) is 3.94. The van der Waals surface area contributed by atoms with E-state index in [0.29, 0.717) is 16.4 Å². The Kier molecular flexibility index (Phi) is 8.34. The predicted octanol–water partition coefficient (Wildman–Crippen LogP) is 5.19. The molecule has 1 N–H and O–H groups in total. The lowest BCUT2D eigenvalue weighted by molar-refractivity contribution is -0.0498. The minimum Gasteiger partial charge on any atom is -0.487 e. The molecule has 0 aliphatic carbocycles. The maximum Gasteiger partial charge on any atom is 0.387 e. The van der Waals surface area contributed by atoms with Crippen LogP contribution in [0.2, 0.25) is 0 Å². The number of alkyl halides is 2. The monoisotopic (exact) mass is 499 g/mol. The second-order valence-electron chi connectivity index (χ2n) is 7.56. The van der Waals surface area contributed by atoms with Crippen LogP contribution in [0.3, 0.4) is 0 Å². The van der Waals surface area contributed by atoms with Gasteiger partial charge in [-0.15, -0.1) is 16.4 Å². The van der Waals surface area contributed by atoms with E-state index in [1.54, 1.807) is 11.6 Å². The number of carbonyl (C=O) groups excluding carboxylic acids is 1. The predicted molar refractivity (Wildman–Crippen MR) is 127 cm³/mol. The number of nitrogens with one attached hydrogen (secondary N) is 1. The number of rotatable bonds is 12. The van der Waals surface area contributed by atoms with Gasteiger partial charge in [0.25, 0.3) is 5.91 Å². The van der Waals surface area contributed by atoms with Crippen molar-refractivity contribution in [3.05, 3.63) is 83.1 Å². The Morgan fingerprint density at radius 1 is 1.06 bits per heavy atom. The van der Waals surface area contributed by atoms with Crippen molar-refractivity contribution < 1.29 is 23.0 Å². The average Bonchev–Trinajstić information content (AvgIpc) is 3.53. The molecule has 11 heteroatoms. The van der Waals surface area contributed by atoms with E-state index >= 15 is 0 Å². The summed E-state index contributed by atoms with van der Waals surface area (Å²) in [6, 6.07) is 13.4. The van der Waals surface area contributed by atoms with Crippen LogP contribution < -0.4 is 14.8 Å². The van der Waals surface area contributed by atoms with E-state index < -0.39 is 12.5 Å². The minimum atomic E-state index is -2.91. The second kappa shape index (κ2) is 12.0. The molecule has 0 aliphatic rings. The zero-order valence-corrected chi connectivity index (χ0v) is 19.5. The number of unbranched alkanes of at least 4 members (excludes halogenated alkanes) is 1. The van der Waals surface area contributed by atoms with E-state index in [4.69, 9.17) is 4.74 Å². The van der Waals surface area contributed by atoms with Crippen LogP contribution in [0.5, 0.6) is 11.5 Å². The Morgan fingerprint density at radius 3 is 2.54 bits per heavy atom. The van der Waals surface area contributed by atoms with Crippen LogP contribution in [0.4, 0.5) is 13.9 Å². The standard InChI is InChI=1S/C24H23F2N5O3S/c25-23(26)34-21-10-6-18(7-11-21)22(32)29-24-28-19(16-35-24)15-33-20-8-4-17(5-9-20)3-1-2-13-31-14-12-27-30-31/h4-12,14,16,23H,1-3,13,15H2,(H,28,29,32). The van der Waals surface area contributed by atoms with Gasteiger partial charge in [-0.05, 0) is 61.2 Å². The number of nitrogens with zero attached hydrogens (tertiary/aromatic N) is 4. The zero-order chi connectivity index (χ0) is 24.5. The van der Waals surface area contributed by atoms with Crippen molar-refractivity contribution in [1.29, 1.82) is 0 Å². The highest BCUT2D eigenvalue weighted by molar-refractivity contribution is 7.13. The van der Waals surface area contributed by atoms with Gasteiger partial charge in [0.1, 0.15) is 18.1 Å². The minimum absolute atomic E-state index is 0.0126. The first-order chi connectivity index (χ1) is 17.0. The molecule has 0 fully saturated rings. The zero-order valence-electron chi connectivity index (χ0n) is 18.6.